The average molecular weight is 183 g/mol. The van der Waals surface area contributed by atoms with E-state index in [1.807, 2.05) is 0 Å². The van der Waals surface area contributed by atoms with Gasteiger partial charge in [-0.2, -0.15) is 8.78 Å². The number of halogens is 2. The Hall–Kier alpha value is -0.750. The zero-order valence-corrected chi connectivity index (χ0v) is 6.50. The number of hydrogen-bond acceptors (Lipinski definition) is 3. The van der Waals surface area contributed by atoms with E-state index in [1.165, 1.54) is 6.92 Å². The van der Waals surface area contributed by atoms with Gasteiger partial charge in [0.05, 0.1) is 0 Å². The number of rotatable bonds is 4. The standard InChI is InChI=1S/C6H11F2NO3/c1-2-3(9)4(10)6(7,8)5(11)12/h3-4,10H,2,9H2,1H3,(H,11,12)/t3-,4?/m0/s1. The van der Waals surface area contributed by atoms with Gasteiger partial charge in [-0.15, -0.1) is 0 Å². The van der Waals surface area contributed by atoms with Crippen LogP contribution in [0.15, 0.2) is 0 Å². The lowest BCUT2D eigenvalue weighted by Crippen LogP contribution is -2.51. The first-order valence-electron chi connectivity index (χ1n) is 3.38. The van der Waals surface area contributed by atoms with E-state index < -0.39 is 24.0 Å². The van der Waals surface area contributed by atoms with Gasteiger partial charge in [0, 0.05) is 6.04 Å². The molecular weight excluding hydrogens is 172 g/mol. The van der Waals surface area contributed by atoms with E-state index in [2.05, 4.69) is 0 Å². The van der Waals surface area contributed by atoms with Crippen LogP contribution in [0.1, 0.15) is 13.3 Å². The van der Waals surface area contributed by atoms with Gasteiger partial charge in [0.2, 0.25) is 0 Å². The van der Waals surface area contributed by atoms with Crippen molar-refractivity contribution < 1.29 is 23.8 Å². The van der Waals surface area contributed by atoms with Gasteiger partial charge in [-0.1, -0.05) is 6.92 Å². The molecule has 4 N–H and O–H groups in total. The smallest absolute Gasteiger partial charge is 0.377 e. The van der Waals surface area contributed by atoms with Gasteiger partial charge in [-0.05, 0) is 6.42 Å². The molecule has 0 saturated heterocycles. The summed E-state index contributed by atoms with van der Waals surface area (Å²) in [4.78, 5) is 9.92. The fourth-order valence-electron chi connectivity index (χ4n) is 0.619. The largest absolute Gasteiger partial charge is 0.477 e. The molecule has 0 aliphatic rings. The molecule has 0 amide bonds. The molecule has 2 atom stereocenters. The minimum absolute atomic E-state index is 0.0873. The first-order valence-corrected chi connectivity index (χ1v) is 3.38. The Kier molecular flexibility index (Phi) is 3.54. The molecule has 0 rings (SSSR count). The molecule has 0 aliphatic heterocycles. The second-order valence-electron chi connectivity index (χ2n) is 2.45. The highest BCUT2D eigenvalue weighted by Gasteiger charge is 2.49. The van der Waals surface area contributed by atoms with Crippen LogP contribution in [0.25, 0.3) is 0 Å². The summed E-state index contributed by atoms with van der Waals surface area (Å²) in [7, 11) is 0. The van der Waals surface area contributed by atoms with Crippen LogP contribution >= 0.6 is 0 Å². The van der Waals surface area contributed by atoms with Crippen molar-refractivity contribution in [2.75, 3.05) is 0 Å². The Labute approximate surface area is 68.0 Å². The summed E-state index contributed by atoms with van der Waals surface area (Å²) in [5.74, 6) is -6.53. The van der Waals surface area contributed by atoms with Crippen LogP contribution in [-0.2, 0) is 4.79 Å². The number of alkyl halides is 2. The maximum atomic E-state index is 12.4. The van der Waals surface area contributed by atoms with Gasteiger partial charge in [-0.25, -0.2) is 4.79 Å². The SMILES string of the molecule is CC[C@H](N)C(O)C(F)(F)C(=O)O. The summed E-state index contributed by atoms with van der Waals surface area (Å²) in [6.07, 6.45) is -2.25. The van der Waals surface area contributed by atoms with Gasteiger partial charge < -0.3 is 15.9 Å². The molecule has 72 valence electrons. The molecule has 0 spiro atoms. The van der Waals surface area contributed by atoms with Crippen molar-refractivity contribution in [3.8, 4) is 0 Å². The number of aliphatic hydroxyl groups is 1. The first-order chi connectivity index (χ1) is 5.34. The number of carbonyl (C=O) groups is 1. The maximum absolute atomic E-state index is 12.4. The molecule has 0 radical (unpaired) electrons. The summed E-state index contributed by atoms with van der Waals surface area (Å²) in [5.41, 5.74) is 5.05. The third-order valence-electron chi connectivity index (χ3n) is 1.53. The number of carboxylic acid groups (broad SMARTS) is 1. The molecule has 1 unspecified atom stereocenters. The van der Waals surface area contributed by atoms with Gasteiger partial charge in [0.15, 0.2) is 0 Å². The quantitative estimate of drug-likeness (QED) is 0.563. The molecule has 0 aromatic rings. The zero-order valence-electron chi connectivity index (χ0n) is 6.50. The van der Waals surface area contributed by atoms with Crippen molar-refractivity contribution in [1.29, 1.82) is 0 Å². The lowest BCUT2D eigenvalue weighted by Gasteiger charge is -2.22. The summed E-state index contributed by atoms with van der Waals surface area (Å²) in [6.45, 7) is 1.48. The third kappa shape index (κ3) is 2.12. The second-order valence-corrected chi connectivity index (χ2v) is 2.45. The molecule has 12 heavy (non-hydrogen) atoms. The van der Waals surface area contributed by atoms with Gasteiger partial charge in [0.25, 0.3) is 0 Å². The molecule has 0 fully saturated rings. The minimum Gasteiger partial charge on any atom is -0.477 e. The number of nitrogens with two attached hydrogens (primary N) is 1. The topological polar surface area (TPSA) is 83.5 Å². The molecule has 0 aromatic heterocycles. The third-order valence-corrected chi connectivity index (χ3v) is 1.53. The molecule has 0 heterocycles. The molecule has 0 saturated carbocycles. The first kappa shape index (κ1) is 11.2. The van der Waals surface area contributed by atoms with Crippen LogP contribution in [0.4, 0.5) is 8.78 Å². The lowest BCUT2D eigenvalue weighted by molar-refractivity contribution is -0.184. The van der Waals surface area contributed by atoms with E-state index in [1.54, 1.807) is 0 Å². The molecule has 0 bridgehead atoms. The Bertz CT molecular complexity index is 174. The van der Waals surface area contributed by atoms with Crippen LogP contribution in [-0.4, -0.2) is 34.3 Å². The van der Waals surface area contributed by atoms with E-state index >= 15 is 0 Å². The highest BCUT2D eigenvalue weighted by atomic mass is 19.3. The average Bonchev–Trinajstić information content (AvgIpc) is 2.01. The van der Waals surface area contributed by atoms with E-state index in [4.69, 9.17) is 15.9 Å². The molecular formula is C6H11F2NO3. The predicted molar refractivity (Wildman–Crippen MR) is 36.9 cm³/mol. The molecule has 0 aromatic carbocycles. The number of carboxylic acids is 1. The van der Waals surface area contributed by atoms with Crippen molar-refractivity contribution >= 4 is 5.97 Å². The Morgan fingerprint density at radius 1 is 1.67 bits per heavy atom. The maximum Gasteiger partial charge on any atom is 0.377 e. The van der Waals surface area contributed by atoms with Crippen molar-refractivity contribution in [3.05, 3.63) is 0 Å². The molecule has 0 aliphatic carbocycles. The molecule has 6 heteroatoms. The van der Waals surface area contributed by atoms with Gasteiger partial charge in [0.1, 0.15) is 6.10 Å². The normalized spacial score (nSPS) is 17.1. The summed E-state index contributed by atoms with van der Waals surface area (Å²) < 4.78 is 24.9. The van der Waals surface area contributed by atoms with Crippen molar-refractivity contribution in [1.82, 2.24) is 0 Å². The number of hydrogen-bond donors (Lipinski definition) is 3. The Morgan fingerprint density at radius 2 is 2.08 bits per heavy atom. The van der Waals surface area contributed by atoms with Crippen LogP contribution in [0.5, 0.6) is 0 Å². The summed E-state index contributed by atoms with van der Waals surface area (Å²) in [6, 6.07) is -1.23. The van der Waals surface area contributed by atoms with Crippen LogP contribution < -0.4 is 5.73 Å². The number of aliphatic carboxylic acids is 1. The predicted octanol–water partition coefficient (Wildman–Crippen LogP) is -0.195. The van der Waals surface area contributed by atoms with Crippen molar-refractivity contribution in [2.24, 2.45) is 5.73 Å². The van der Waals surface area contributed by atoms with Crippen LogP contribution in [0.2, 0.25) is 0 Å². The van der Waals surface area contributed by atoms with Crippen molar-refractivity contribution in [2.45, 2.75) is 31.4 Å². The number of aliphatic hydroxyl groups excluding tert-OH is 1. The van der Waals surface area contributed by atoms with Crippen LogP contribution in [0.3, 0.4) is 0 Å². The monoisotopic (exact) mass is 183 g/mol. The van der Waals surface area contributed by atoms with E-state index in [-0.39, 0.29) is 6.42 Å². The second kappa shape index (κ2) is 3.77. The molecule has 4 nitrogen and oxygen atoms in total. The lowest BCUT2D eigenvalue weighted by atomic mass is 10.0. The fraction of sp³-hybridized carbons (Fsp3) is 0.833. The fourth-order valence-corrected chi connectivity index (χ4v) is 0.619. The van der Waals surface area contributed by atoms with E-state index in [0.29, 0.717) is 0 Å². The van der Waals surface area contributed by atoms with Gasteiger partial charge in [-0.3, -0.25) is 0 Å². The Morgan fingerprint density at radius 3 is 2.33 bits per heavy atom. The highest BCUT2D eigenvalue weighted by Crippen LogP contribution is 2.21. The van der Waals surface area contributed by atoms with E-state index in [9.17, 15) is 13.6 Å². The summed E-state index contributed by atoms with van der Waals surface area (Å²) >= 11 is 0. The zero-order chi connectivity index (χ0) is 9.94. The summed E-state index contributed by atoms with van der Waals surface area (Å²) in [5, 5.41) is 16.8. The Balaban J connectivity index is 4.44. The van der Waals surface area contributed by atoms with Crippen molar-refractivity contribution in [3.63, 3.8) is 0 Å². The highest BCUT2D eigenvalue weighted by molar-refractivity contribution is 5.76. The van der Waals surface area contributed by atoms with Crippen LogP contribution in [0, 0.1) is 0 Å². The minimum atomic E-state index is -4.17. The van der Waals surface area contributed by atoms with Gasteiger partial charge >= 0.3 is 11.9 Å². The van der Waals surface area contributed by atoms with E-state index in [0.717, 1.165) is 0 Å².